The van der Waals surface area contributed by atoms with Gasteiger partial charge in [0.1, 0.15) is 5.02 Å². The number of pyridine rings is 1. The number of aromatic nitrogens is 3. The van der Waals surface area contributed by atoms with Gasteiger partial charge in [-0.15, -0.1) is 0 Å². The van der Waals surface area contributed by atoms with Crippen LogP contribution in [-0.2, 0) is 7.05 Å². The van der Waals surface area contributed by atoms with Crippen LogP contribution in [0, 0.1) is 11.3 Å². The number of ether oxygens (including phenoxy) is 1. The number of rotatable bonds is 4. The van der Waals surface area contributed by atoms with Crippen molar-refractivity contribution >= 4 is 45.6 Å². The largest absolute Gasteiger partial charge is 0.480 e. The fourth-order valence-electron chi connectivity index (χ4n) is 5.15. The number of nitrogens with zero attached hydrogens (tertiary/aromatic N) is 4. The van der Waals surface area contributed by atoms with Crippen molar-refractivity contribution in [2.24, 2.45) is 18.4 Å². The summed E-state index contributed by atoms with van der Waals surface area (Å²) in [6.45, 7) is 5.24. The number of benzene rings is 1. The lowest BCUT2D eigenvalue weighted by atomic mass is 9.85. The fourth-order valence-corrected chi connectivity index (χ4v) is 5.29. The Morgan fingerprint density at radius 2 is 2.00 bits per heavy atom. The van der Waals surface area contributed by atoms with Crippen LogP contribution in [0.4, 0.5) is 31.9 Å². The molecule has 1 aliphatic carbocycles. The van der Waals surface area contributed by atoms with Gasteiger partial charge < -0.3 is 24.8 Å². The van der Waals surface area contributed by atoms with Crippen LogP contribution in [0.5, 0.6) is 5.75 Å². The van der Waals surface area contributed by atoms with Gasteiger partial charge in [-0.05, 0) is 42.4 Å². The standard InChI is InChI=1S/C25H27ClF2N6O2/c1-24(2)10-34(11-24)23-29-9-16(26)21(32-23)30-14-6-7-17-15(8-14)18-19(22(35)33(17)3)36-12-25(27,28)20(31-18)13-4-5-13/h6-9,13,20,31H,4-5,10-12H2,1-3H3,(H,29,30,32). The molecule has 6 rings (SSSR count). The number of hydrogen-bond donors (Lipinski definition) is 2. The van der Waals surface area contributed by atoms with E-state index in [2.05, 4.69) is 39.3 Å². The molecule has 3 aromatic rings. The van der Waals surface area contributed by atoms with E-state index in [4.69, 9.17) is 16.3 Å². The molecule has 0 spiro atoms. The monoisotopic (exact) mass is 516 g/mol. The smallest absolute Gasteiger partial charge is 0.301 e. The lowest BCUT2D eigenvalue weighted by molar-refractivity contribution is -0.0579. The number of nitrogens with one attached hydrogen (secondary N) is 2. The van der Waals surface area contributed by atoms with Gasteiger partial charge in [0.05, 0.1) is 23.4 Å². The van der Waals surface area contributed by atoms with E-state index in [9.17, 15) is 13.6 Å². The lowest BCUT2D eigenvalue weighted by Gasteiger charge is -2.45. The van der Waals surface area contributed by atoms with Crippen molar-refractivity contribution in [2.75, 3.05) is 35.2 Å². The highest BCUT2D eigenvalue weighted by molar-refractivity contribution is 6.33. The molecule has 2 fully saturated rings. The van der Waals surface area contributed by atoms with E-state index in [0.717, 1.165) is 25.9 Å². The second-order valence-electron chi connectivity index (χ2n) is 10.8. The van der Waals surface area contributed by atoms with Crippen LogP contribution in [0.25, 0.3) is 10.9 Å². The van der Waals surface area contributed by atoms with Crippen LogP contribution in [0.15, 0.2) is 29.2 Å². The third kappa shape index (κ3) is 3.91. The SMILES string of the molecule is Cn1c(=O)c2c(c3cc(Nc4nc(N5CC(C)(C)C5)ncc4Cl)ccc31)NC(C1CC1)C(F)(F)CO2. The third-order valence-electron chi connectivity index (χ3n) is 7.13. The molecule has 3 aliphatic rings. The fraction of sp³-hybridized carbons (Fsp3) is 0.480. The predicted octanol–water partition coefficient (Wildman–Crippen LogP) is 4.79. The molecule has 4 heterocycles. The highest BCUT2D eigenvalue weighted by atomic mass is 35.5. The van der Waals surface area contributed by atoms with Gasteiger partial charge in [-0.3, -0.25) is 4.79 Å². The second-order valence-corrected chi connectivity index (χ2v) is 11.2. The molecule has 1 aromatic carbocycles. The maximum Gasteiger partial charge on any atom is 0.301 e. The quantitative estimate of drug-likeness (QED) is 0.516. The Hall–Kier alpha value is -3.14. The van der Waals surface area contributed by atoms with Gasteiger partial charge in [0, 0.05) is 31.2 Å². The Kier molecular flexibility index (Phi) is 5.13. The van der Waals surface area contributed by atoms with E-state index in [1.165, 1.54) is 4.57 Å². The first-order chi connectivity index (χ1) is 17.0. The molecule has 0 bridgehead atoms. The van der Waals surface area contributed by atoms with Gasteiger partial charge in [0.2, 0.25) is 11.7 Å². The zero-order chi connectivity index (χ0) is 25.4. The van der Waals surface area contributed by atoms with E-state index >= 15 is 0 Å². The molecule has 190 valence electrons. The van der Waals surface area contributed by atoms with Gasteiger partial charge in [-0.2, -0.15) is 4.98 Å². The number of fused-ring (bicyclic) bond motifs is 3. The summed E-state index contributed by atoms with van der Waals surface area (Å²) in [6, 6.07) is 4.26. The van der Waals surface area contributed by atoms with Gasteiger partial charge in [-0.1, -0.05) is 25.4 Å². The highest BCUT2D eigenvalue weighted by Gasteiger charge is 2.51. The van der Waals surface area contributed by atoms with Crippen LogP contribution in [-0.4, -0.2) is 46.2 Å². The molecule has 2 aliphatic heterocycles. The van der Waals surface area contributed by atoms with Gasteiger partial charge in [-0.25, -0.2) is 13.8 Å². The van der Waals surface area contributed by atoms with Crippen molar-refractivity contribution in [1.82, 2.24) is 14.5 Å². The normalized spacial score (nSPS) is 22.2. The van der Waals surface area contributed by atoms with E-state index in [-0.39, 0.29) is 17.1 Å². The summed E-state index contributed by atoms with van der Waals surface area (Å²) in [5, 5.41) is 7.18. The lowest BCUT2D eigenvalue weighted by Crippen LogP contribution is -2.53. The molecule has 2 aromatic heterocycles. The Labute approximate surface area is 211 Å². The average Bonchev–Trinajstić information content (AvgIpc) is 3.65. The summed E-state index contributed by atoms with van der Waals surface area (Å²) in [7, 11) is 1.60. The van der Waals surface area contributed by atoms with E-state index in [1.54, 1.807) is 31.4 Å². The first-order valence-corrected chi connectivity index (χ1v) is 12.4. The molecule has 1 saturated heterocycles. The minimum absolute atomic E-state index is 0.0901. The van der Waals surface area contributed by atoms with Crippen LogP contribution in [0.1, 0.15) is 26.7 Å². The maximum atomic E-state index is 14.9. The molecule has 0 radical (unpaired) electrons. The average molecular weight is 517 g/mol. The first-order valence-electron chi connectivity index (χ1n) is 12.0. The van der Waals surface area contributed by atoms with Crippen LogP contribution >= 0.6 is 11.6 Å². The molecule has 1 atom stereocenters. The number of halogens is 3. The molecule has 0 amide bonds. The van der Waals surface area contributed by atoms with Crippen molar-refractivity contribution in [2.45, 2.75) is 38.7 Å². The Balaban J connectivity index is 1.40. The van der Waals surface area contributed by atoms with Gasteiger partial charge in [0.25, 0.3) is 5.56 Å². The van der Waals surface area contributed by atoms with Gasteiger partial charge in [0.15, 0.2) is 12.4 Å². The van der Waals surface area contributed by atoms with Crippen molar-refractivity contribution < 1.29 is 13.5 Å². The zero-order valence-corrected chi connectivity index (χ0v) is 21.0. The highest BCUT2D eigenvalue weighted by Crippen LogP contribution is 2.45. The molecule has 2 N–H and O–H groups in total. The van der Waals surface area contributed by atoms with Crippen LogP contribution in [0.3, 0.4) is 0 Å². The topological polar surface area (TPSA) is 84.3 Å². The van der Waals surface area contributed by atoms with Crippen molar-refractivity contribution in [3.63, 3.8) is 0 Å². The molecule has 1 unspecified atom stereocenters. The number of alkyl halides is 2. The molecule has 36 heavy (non-hydrogen) atoms. The second kappa shape index (κ2) is 7.93. The molecule has 8 nitrogen and oxygen atoms in total. The minimum Gasteiger partial charge on any atom is -0.480 e. The van der Waals surface area contributed by atoms with E-state index in [1.807, 2.05) is 0 Å². The van der Waals surface area contributed by atoms with Crippen molar-refractivity contribution in [1.29, 1.82) is 0 Å². The number of aryl methyl sites for hydroxylation is 1. The summed E-state index contributed by atoms with van der Waals surface area (Å²) >= 11 is 6.39. The summed E-state index contributed by atoms with van der Waals surface area (Å²) < 4.78 is 36.6. The summed E-state index contributed by atoms with van der Waals surface area (Å²) in [5.74, 6) is -2.31. The zero-order valence-electron chi connectivity index (χ0n) is 20.2. The predicted molar refractivity (Wildman–Crippen MR) is 136 cm³/mol. The number of hydrogen-bond acceptors (Lipinski definition) is 7. The molecule has 1 saturated carbocycles. The molecular formula is C25H27ClF2N6O2. The molecule has 11 heteroatoms. The Morgan fingerprint density at radius 1 is 1.25 bits per heavy atom. The third-order valence-corrected chi connectivity index (χ3v) is 7.40. The summed E-state index contributed by atoms with van der Waals surface area (Å²) in [5.41, 5.74) is 1.28. The Morgan fingerprint density at radius 3 is 2.69 bits per heavy atom. The Bertz CT molecular complexity index is 1430. The van der Waals surface area contributed by atoms with E-state index in [0.29, 0.717) is 39.1 Å². The maximum absolute atomic E-state index is 14.9. The van der Waals surface area contributed by atoms with Crippen LogP contribution < -0.4 is 25.8 Å². The number of anilines is 4. The van der Waals surface area contributed by atoms with Gasteiger partial charge >= 0.3 is 5.92 Å². The summed E-state index contributed by atoms with van der Waals surface area (Å²) in [6.07, 6.45) is 3.01. The summed E-state index contributed by atoms with van der Waals surface area (Å²) in [4.78, 5) is 24.0. The molecular weight excluding hydrogens is 490 g/mol. The van der Waals surface area contributed by atoms with Crippen LogP contribution in [0.2, 0.25) is 5.02 Å². The van der Waals surface area contributed by atoms with Crippen molar-refractivity contribution in [3.05, 3.63) is 39.8 Å². The van der Waals surface area contributed by atoms with Crippen molar-refractivity contribution in [3.8, 4) is 5.75 Å². The minimum atomic E-state index is -3.09. The van der Waals surface area contributed by atoms with E-state index < -0.39 is 24.1 Å². The first kappa shape index (κ1) is 23.3.